The van der Waals surface area contributed by atoms with Crippen LogP contribution in [0.3, 0.4) is 0 Å². The number of rotatable bonds is 5. The largest absolute Gasteiger partial charge is 0.497 e. The van der Waals surface area contributed by atoms with Crippen molar-refractivity contribution in [3.05, 3.63) is 59.1 Å². The number of nitrogens with one attached hydrogen (secondary N) is 2. The van der Waals surface area contributed by atoms with Crippen molar-refractivity contribution in [2.45, 2.75) is 18.3 Å². The number of ether oxygens (including phenoxy) is 1. The average Bonchev–Trinajstić information content (AvgIpc) is 3.35. The van der Waals surface area contributed by atoms with Crippen LogP contribution in [0, 0.1) is 0 Å². The molecule has 0 aromatic heterocycles. The van der Waals surface area contributed by atoms with Gasteiger partial charge in [-0.2, -0.15) is 0 Å². The standard InChI is InChI=1S/C18H19ClN2O2/c1-23-16-8-6-15(7-9-16)21-17(22)20-12-18(10-11-18)13-2-4-14(19)5-3-13/h2-9H,10-12H2,1H3,(H2,20,21,22). The molecule has 120 valence electrons. The topological polar surface area (TPSA) is 50.4 Å². The zero-order valence-electron chi connectivity index (χ0n) is 12.9. The highest BCUT2D eigenvalue weighted by atomic mass is 35.5. The second-order valence-electron chi connectivity index (χ2n) is 5.82. The predicted octanol–water partition coefficient (Wildman–Crippen LogP) is 4.20. The molecular weight excluding hydrogens is 312 g/mol. The molecule has 2 aromatic carbocycles. The minimum atomic E-state index is -0.199. The van der Waals surface area contributed by atoms with Gasteiger partial charge in [0.2, 0.25) is 0 Å². The van der Waals surface area contributed by atoms with Gasteiger partial charge in [0.1, 0.15) is 5.75 Å². The summed E-state index contributed by atoms with van der Waals surface area (Å²) >= 11 is 5.93. The number of hydrogen-bond donors (Lipinski definition) is 2. The van der Waals surface area contributed by atoms with Crippen LogP contribution in [0.25, 0.3) is 0 Å². The van der Waals surface area contributed by atoms with Crippen molar-refractivity contribution in [1.29, 1.82) is 0 Å². The SMILES string of the molecule is COc1ccc(NC(=O)NCC2(c3ccc(Cl)cc3)CC2)cc1. The van der Waals surface area contributed by atoms with Crippen molar-refractivity contribution in [3.63, 3.8) is 0 Å². The lowest BCUT2D eigenvalue weighted by Crippen LogP contribution is -2.35. The van der Waals surface area contributed by atoms with Crippen molar-refractivity contribution < 1.29 is 9.53 Å². The Labute approximate surface area is 140 Å². The quantitative estimate of drug-likeness (QED) is 0.863. The molecule has 2 aromatic rings. The van der Waals surface area contributed by atoms with Crippen LogP contribution >= 0.6 is 11.6 Å². The number of halogens is 1. The lowest BCUT2D eigenvalue weighted by atomic mass is 9.96. The summed E-state index contributed by atoms with van der Waals surface area (Å²) < 4.78 is 5.09. The smallest absolute Gasteiger partial charge is 0.319 e. The molecule has 2 amide bonds. The van der Waals surface area contributed by atoms with Crippen LogP contribution in [0.2, 0.25) is 5.02 Å². The Hall–Kier alpha value is -2.20. The molecule has 2 N–H and O–H groups in total. The van der Waals surface area contributed by atoms with Crippen molar-refractivity contribution >= 4 is 23.3 Å². The fourth-order valence-corrected chi connectivity index (χ4v) is 2.75. The van der Waals surface area contributed by atoms with E-state index in [0.29, 0.717) is 6.54 Å². The Balaban J connectivity index is 1.55. The van der Waals surface area contributed by atoms with Crippen LogP contribution in [0.4, 0.5) is 10.5 Å². The molecule has 1 aliphatic carbocycles. The van der Waals surface area contributed by atoms with Gasteiger partial charge >= 0.3 is 6.03 Å². The highest BCUT2D eigenvalue weighted by Gasteiger charge is 2.44. The molecule has 0 unspecified atom stereocenters. The van der Waals surface area contributed by atoms with E-state index in [-0.39, 0.29) is 11.4 Å². The van der Waals surface area contributed by atoms with Gasteiger partial charge in [0, 0.05) is 22.7 Å². The average molecular weight is 331 g/mol. The van der Waals surface area contributed by atoms with Crippen LogP contribution < -0.4 is 15.4 Å². The Kier molecular flexibility index (Phi) is 4.44. The zero-order chi connectivity index (χ0) is 16.3. The number of carbonyl (C=O) groups excluding carboxylic acids is 1. The van der Waals surface area contributed by atoms with Gasteiger partial charge in [-0.25, -0.2) is 4.79 Å². The zero-order valence-corrected chi connectivity index (χ0v) is 13.7. The van der Waals surface area contributed by atoms with Crippen molar-refractivity contribution in [2.24, 2.45) is 0 Å². The van der Waals surface area contributed by atoms with E-state index in [2.05, 4.69) is 10.6 Å². The number of methoxy groups -OCH3 is 1. The van der Waals surface area contributed by atoms with Gasteiger partial charge in [0.05, 0.1) is 7.11 Å². The molecule has 0 radical (unpaired) electrons. The maximum absolute atomic E-state index is 12.1. The predicted molar refractivity (Wildman–Crippen MR) is 92.4 cm³/mol. The van der Waals surface area contributed by atoms with Gasteiger partial charge < -0.3 is 15.4 Å². The van der Waals surface area contributed by atoms with Crippen molar-refractivity contribution in [3.8, 4) is 5.75 Å². The van der Waals surface area contributed by atoms with Gasteiger partial charge in [0.25, 0.3) is 0 Å². The molecule has 0 atom stereocenters. The maximum Gasteiger partial charge on any atom is 0.319 e. The summed E-state index contributed by atoms with van der Waals surface area (Å²) in [6, 6.07) is 14.9. The van der Waals surface area contributed by atoms with Crippen LogP contribution in [-0.4, -0.2) is 19.7 Å². The molecule has 0 heterocycles. The highest BCUT2D eigenvalue weighted by molar-refractivity contribution is 6.30. The Morgan fingerprint density at radius 3 is 2.35 bits per heavy atom. The number of carbonyl (C=O) groups is 1. The molecule has 0 aliphatic heterocycles. The van der Waals surface area contributed by atoms with Crippen LogP contribution in [0.1, 0.15) is 18.4 Å². The molecule has 3 rings (SSSR count). The van der Waals surface area contributed by atoms with Gasteiger partial charge in [0.15, 0.2) is 0 Å². The second kappa shape index (κ2) is 6.50. The third kappa shape index (κ3) is 3.77. The third-order valence-corrected chi connectivity index (χ3v) is 4.50. The fraction of sp³-hybridized carbons (Fsp3) is 0.278. The van der Waals surface area contributed by atoms with Crippen LogP contribution in [0.5, 0.6) is 5.75 Å². The van der Waals surface area contributed by atoms with Crippen molar-refractivity contribution in [2.75, 3.05) is 19.0 Å². The van der Waals surface area contributed by atoms with E-state index in [4.69, 9.17) is 16.3 Å². The first-order chi connectivity index (χ1) is 11.1. The van der Waals surface area contributed by atoms with E-state index in [1.165, 1.54) is 5.56 Å². The summed E-state index contributed by atoms with van der Waals surface area (Å²) in [5, 5.41) is 6.52. The summed E-state index contributed by atoms with van der Waals surface area (Å²) in [6.07, 6.45) is 2.16. The molecule has 23 heavy (non-hydrogen) atoms. The molecule has 1 fully saturated rings. The van der Waals surface area contributed by atoms with Crippen LogP contribution in [-0.2, 0) is 5.41 Å². The van der Waals surface area contributed by atoms with E-state index < -0.39 is 0 Å². The minimum absolute atomic E-state index is 0.0574. The van der Waals surface area contributed by atoms with E-state index in [9.17, 15) is 4.79 Å². The number of amides is 2. The molecule has 1 aliphatic rings. The van der Waals surface area contributed by atoms with Crippen LogP contribution in [0.15, 0.2) is 48.5 Å². The first-order valence-corrected chi connectivity index (χ1v) is 7.94. The summed E-state index contributed by atoms with van der Waals surface area (Å²) in [6.45, 7) is 0.622. The molecule has 1 saturated carbocycles. The Bertz CT molecular complexity index is 679. The third-order valence-electron chi connectivity index (χ3n) is 4.25. The monoisotopic (exact) mass is 330 g/mol. The van der Waals surface area contributed by atoms with Gasteiger partial charge in [-0.05, 0) is 54.8 Å². The normalized spacial score (nSPS) is 14.9. The molecule has 0 bridgehead atoms. The number of hydrogen-bond acceptors (Lipinski definition) is 2. The summed E-state index contributed by atoms with van der Waals surface area (Å²) in [5.74, 6) is 0.760. The van der Waals surface area contributed by atoms with E-state index in [0.717, 1.165) is 29.3 Å². The summed E-state index contributed by atoms with van der Waals surface area (Å²) in [5.41, 5.74) is 2.02. The molecule has 4 nitrogen and oxygen atoms in total. The Morgan fingerprint density at radius 1 is 1.13 bits per heavy atom. The summed E-state index contributed by atoms with van der Waals surface area (Å²) in [4.78, 5) is 12.1. The van der Waals surface area contributed by atoms with Crippen molar-refractivity contribution in [1.82, 2.24) is 5.32 Å². The molecular formula is C18H19ClN2O2. The van der Waals surface area contributed by atoms with E-state index in [1.54, 1.807) is 7.11 Å². The molecule has 0 spiro atoms. The van der Waals surface area contributed by atoms with Gasteiger partial charge in [-0.3, -0.25) is 0 Å². The second-order valence-corrected chi connectivity index (χ2v) is 6.26. The number of benzene rings is 2. The number of anilines is 1. The lowest BCUT2D eigenvalue weighted by Gasteiger charge is -2.17. The van der Waals surface area contributed by atoms with E-state index in [1.807, 2.05) is 48.5 Å². The van der Waals surface area contributed by atoms with Gasteiger partial charge in [-0.15, -0.1) is 0 Å². The fourth-order valence-electron chi connectivity index (χ4n) is 2.62. The lowest BCUT2D eigenvalue weighted by molar-refractivity contribution is 0.251. The molecule has 0 saturated heterocycles. The summed E-state index contributed by atoms with van der Waals surface area (Å²) in [7, 11) is 1.61. The number of urea groups is 1. The van der Waals surface area contributed by atoms with E-state index >= 15 is 0 Å². The first-order valence-electron chi connectivity index (χ1n) is 7.56. The maximum atomic E-state index is 12.1. The Morgan fingerprint density at radius 2 is 1.78 bits per heavy atom. The first kappa shape index (κ1) is 15.7. The molecule has 5 heteroatoms. The minimum Gasteiger partial charge on any atom is -0.497 e. The highest BCUT2D eigenvalue weighted by Crippen LogP contribution is 2.47. The van der Waals surface area contributed by atoms with Gasteiger partial charge in [-0.1, -0.05) is 23.7 Å².